The average molecular weight is 434 g/mol. The molecule has 0 bridgehead atoms. The number of hydrogen-bond donors (Lipinski definition) is 2. The molecule has 3 aromatic rings. The predicted octanol–water partition coefficient (Wildman–Crippen LogP) is 1.79. The Labute approximate surface area is 186 Å². The maximum absolute atomic E-state index is 12.8. The van der Waals surface area contributed by atoms with Gasteiger partial charge in [0.1, 0.15) is 12.6 Å². The molecule has 0 unspecified atom stereocenters. The summed E-state index contributed by atoms with van der Waals surface area (Å²) in [6.45, 7) is 2.44. The second kappa shape index (κ2) is 9.74. The summed E-state index contributed by atoms with van der Waals surface area (Å²) < 4.78 is 1.47. The van der Waals surface area contributed by atoms with Crippen molar-refractivity contribution < 1.29 is 14.7 Å². The van der Waals surface area contributed by atoms with Crippen molar-refractivity contribution in [2.45, 2.75) is 45.0 Å². The summed E-state index contributed by atoms with van der Waals surface area (Å²) in [6, 6.07) is 17.4. The minimum atomic E-state index is -0.721. The van der Waals surface area contributed by atoms with Crippen LogP contribution < -0.4 is 5.32 Å². The number of likely N-dealkylation sites (tertiary alicyclic amines) is 1. The topological polar surface area (TPSA) is 100 Å². The molecule has 0 spiro atoms. The second-order valence-electron chi connectivity index (χ2n) is 7.99. The number of aryl methyl sites for hydroxylation is 1. The van der Waals surface area contributed by atoms with Crippen LogP contribution in [0.25, 0.3) is 11.1 Å². The Morgan fingerprint density at radius 2 is 1.81 bits per heavy atom. The highest BCUT2D eigenvalue weighted by Gasteiger charge is 2.38. The zero-order valence-electron chi connectivity index (χ0n) is 18.0. The van der Waals surface area contributed by atoms with Crippen molar-refractivity contribution in [3.63, 3.8) is 0 Å². The Hall–Kier alpha value is -3.52. The molecule has 8 heteroatoms. The van der Waals surface area contributed by atoms with E-state index in [2.05, 4.69) is 27.8 Å². The fourth-order valence-electron chi connectivity index (χ4n) is 3.90. The van der Waals surface area contributed by atoms with E-state index in [1.807, 2.05) is 49.4 Å². The van der Waals surface area contributed by atoms with Gasteiger partial charge in [0.25, 0.3) is 0 Å². The van der Waals surface area contributed by atoms with E-state index in [1.165, 1.54) is 9.58 Å². The zero-order chi connectivity index (χ0) is 22.5. The SMILES string of the molecule is CCc1cn(CC(=O)N2C[C@H](O)C[C@H]2C(=O)NCc2ccc(-c3ccccc3)cc2)nn1. The first-order valence-corrected chi connectivity index (χ1v) is 10.8. The Morgan fingerprint density at radius 3 is 2.50 bits per heavy atom. The summed E-state index contributed by atoms with van der Waals surface area (Å²) in [4.78, 5) is 27.0. The van der Waals surface area contributed by atoms with Gasteiger partial charge in [0.15, 0.2) is 0 Å². The Kier molecular flexibility index (Phi) is 6.61. The molecule has 1 aromatic heterocycles. The van der Waals surface area contributed by atoms with Gasteiger partial charge < -0.3 is 15.3 Å². The van der Waals surface area contributed by atoms with E-state index in [9.17, 15) is 14.7 Å². The van der Waals surface area contributed by atoms with Crippen molar-refractivity contribution in [2.24, 2.45) is 0 Å². The summed E-state index contributed by atoms with van der Waals surface area (Å²) >= 11 is 0. The van der Waals surface area contributed by atoms with Gasteiger partial charge in [-0.1, -0.05) is 66.7 Å². The molecule has 1 aliphatic rings. The number of nitrogens with zero attached hydrogens (tertiary/aromatic N) is 4. The average Bonchev–Trinajstić information content (AvgIpc) is 3.44. The second-order valence-corrected chi connectivity index (χ2v) is 7.99. The zero-order valence-corrected chi connectivity index (χ0v) is 18.0. The number of carbonyl (C=O) groups is 2. The molecule has 1 fully saturated rings. The van der Waals surface area contributed by atoms with E-state index >= 15 is 0 Å². The van der Waals surface area contributed by atoms with Gasteiger partial charge in [-0.25, -0.2) is 4.68 Å². The molecular formula is C24H27N5O3. The summed E-state index contributed by atoms with van der Waals surface area (Å²) in [5.74, 6) is -0.531. The first-order chi connectivity index (χ1) is 15.5. The summed E-state index contributed by atoms with van der Waals surface area (Å²) in [7, 11) is 0. The molecule has 4 rings (SSSR count). The highest BCUT2D eigenvalue weighted by atomic mass is 16.3. The molecule has 2 aromatic carbocycles. The van der Waals surface area contributed by atoms with Crippen LogP contribution in [-0.2, 0) is 29.1 Å². The molecule has 0 aliphatic carbocycles. The van der Waals surface area contributed by atoms with Crippen LogP contribution in [0.15, 0.2) is 60.8 Å². The maximum atomic E-state index is 12.8. The van der Waals surface area contributed by atoms with Gasteiger partial charge in [-0.15, -0.1) is 5.10 Å². The number of carbonyl (C=O) groups excluding carboxylic acids is 2. The quantitative estimate of drug-likeness (QED) is 0.592. The third-order valence-corrected chi connectivity index (χ3v) is 5.68. The van der Waals surface area contributed by atoms with Crippen LogP contribution in [0.3, 0.4) is 0 Å². The van der Waals surface area contributed by atoms with Gasteiger partial charge in [0.05, 0.1) is 11.8 Å². The summed E-state index contributed by atoms with van der Waals surface area (Å²) in [6.07, 6.45) is 1.95. The van der Waals surface area contributed by atoms with Crippen LogP contribution in [0.4, 0.5) is 0 Å². The molecule has 0 radical (unpaired) electrons. The summed E-state index contributed by atoms with van der Waals surface area (Å²) in [5.41, 5.74) is 4.00. The van der Waals surface area contributed by atoms with Crippen LogP contribution in [0, 0.1) is 0 Å². The summed E-state index contributed by atoms with van der Waals surface area (Å²) in [5, 5.41) is 20.9. The number of benzene rings is 2. The van der Waals surface area contributed by atoms with Gasteiger partial charge >= 0.3 is 0 Å². The Bertz CT molecular complexity index is 1060. The molecule has 166 valence electrons. The molecule has 2 atom stereocenters. The monoisotopic (exact) mass is 433 g/mol. The van der Waals surface area contributed by atoms with Gasteiger partial charge in [0.2, 0.25) is 11.8 Å². The lowest BCUT2D eigenvalue weighted by atomic mass is 10.0. The molecule has 8 nitrogen and oxygen atoms in total. The Balaban J connectivity index is 1.35. The van der Waals surface area contributed by atoms with Gasteiger partial charge in [-0.05, 0) is 23.1 Å². The molecule has 2 N–H and O–H groups in total. The predicted molar refractivity (Wildman–Crippen MR) is 119 cm³/mol. The lowest BCUT2D eigenvalue weighted by molar-refractivity contribution is -0.139. The fraction of sp³-hybridized carbons (Fsp3) is 0.333. The number of aliphatic hydroxyl groups excluding tert-OH is 1. The van der Waals surface area contributed by atoms with Crippen LogP contribution in [0.1, 0.15) is 24.6 Å². The molecule has 1 aliphatic heterocycles. The number of hydrogen-bond acceptors (Lipinski definition) is 5. The first-order valence-electron chi connectivity index (χ1n) is 10.8. The highest BCUT2D eigenvalue weighted by Crippen LogP contribution is 2.21. The number of aromatic nitrogens is 3. The van der Waals surface area contributed by atoms with Crippen LogP contribution in [0.5, 0.6) is 0 Å². The largest absolute Gasteiger partial charge is 0.391 e. The molecule has 0 saturated carbocycles. The smallest absolute Gasteiger partial charge is 0.245 e. The Morgan fingerprint density at radius 1 is 1.09 bits per heavy atom. The van der Waals surface area contributed by atoms with Gasteiger partial charge in [0, 0.05) is 25.7 Å². The van der Waals surface area contributed by atoms with Crippen LogP contribution in [0.2, 0.25) is 0 Å². The molecule has 2 amide bonds. The van der Waals surface area contributed by atoms with Crippen molar-refractivity contribution in [3.05, 3.63) is 72.1 Å². The van der Waals surface area contributed by atoms with E-state index in [0.717, 1.165) is 28.8 Å². The van der Waals surface area contributed by atoms with E-state index in [4.69, 9.17) is 0 Å². The third-order valence-electron chi connectivity index (χ3n) is 5.68. The van der Waals surface area contributed by atoms with Crippen LogP contribution in [-0.4, -0.2) is 55.5 Å². The van der Waals surface area contributed by atoms with Crippen LogP contribution >= 0.6 is 0 Å². The normalized spacial score (nSPS) is 18.0. The minimum Gasteiger partial charge on any atom is -0.391 e. The van der Waals surface area contributed by atoms with Crippen molar-refractivity contribution in [1.82, 2.24) is 25.2 Å². The fourth-order valence-corrected chi connectivity index (χ4v) is 3.90. The number of nitrogens with one attached hydrogen (secondary N) is 1. The number of β-amino-alcohol motifs (C(OH)–C–C–N with tert-alkyl or cyclic N) is 1. The highest BCUT2D eigenvalue weighted by molar-refractivity contribution is 5.88. The standard InChI is InChI=1S/C24H27N5O3/c1-2-20-14-28(27-26-20)16-23(31)29-15-21(30)12-22(29)24(32)25-13-17-8-10-19(11-9-17)18-6-4-3-5-7-18/h3-11,14,21-22,30H,2,12-13,15-16H2,1H3,(H,25,32)/t21-,22+/m1/s1. The number of rotatable bonds is 7. The van der Waals surface area contributed by atoms with Gasteiger partial charge in [-0.2, -0.15) is 0 Å². The number of amides is 2. The minimum absolute atomic E-state index is 0.00948. The number of aliphatic hydroxyl groups is 1. The molecular weight excluding hydrogens is 406 g/mol. The molecule has 1 saturated heterocycles. The van der Waals surface area contributed by atoms with Crippen molar-refractivity contribution in [1.29, 1.82) is 0 Å². The van der Waals surface area contributed by atoms with Crippen molar-refractivity contribution >= 4 is 11.8 Å². The van der Waals surface area contributed by atoms with E-state index in [1.54, 1.807) is 6.20 Å². The molecule has 32 heavy (non-hydrogen) atoms. The lowest BCUT2D eigenvalue weighted by Crippen LogP contribution is -2.46. The molecule has 2 heterocycles. The third kappa shape index (κ3) is 5.03. The van der Waals surface area contributed by atoms with E-state index in [-0.39, 0.29) is 31.3 Å². The maximum Gasteiger partial charge on any atom is 0.245 e. The van der Waals surface area contributed by atoms with E-state index in [0.29, 0.717) is 6.54 Å². The van der Waals surface area contributed by atoms with Crippen molar-refractivity contribution in [2.75, 3.05) is 6.54 Å². The first kappa shape index (κ1) is 21.7. The van der Waals surface area contributed by atoms with Gasteiger partial charge in [-0.3, -0.25) is 9.59 Å². The van der Waals surface area contributed by atoms with E-state index < -0.39 is 12.1 Å². The lowest BCUT2D eigenvalue weighted by Gasteiger charge is -2.23. The van der Waals surface area contributed by atoms with Crippen molar-refractivity contribution in [3.8, 4) is 11.1 Å².